The van der Waals surface area contributed by atoms with Gasteiger partial charge in [-0.15, -0.1) is 0 Å². The van der Waals surface area contributed by atoms with Crippen LogP contribution in [0.3, 0.4) is 0 Å². The van der Waals surface area contributed by atoms with E-state index in [1.807, 2.05) is 0 Å². The Labute approximate surface area is 248 Å². The Morgan fingerprint density at radius 3 is 1.38 bits per heavy atom. The van der Waals surface area contributed by atoms with Gasteiger partial charge in [0.2, 0.25) is 0 Å². The highest BCUT2D eigenvalue weighted by atomic mass is 127. The molecule has 2 heteroatoms. The number of anilines is 2. The smallest absolute Gasteiger partial charge is 0.0384 e. The molecule has 0 amide bonds. The molecule has 0 heterocycles. The van der Waals surface area contributed by atoms with Gasteiger partial charge in [-0.2, -0.15) is 0 Å². The van der Waals surface area contributed by atoms with E-state index in [4.69, 9.17) is 0 Å². The van der Waals surface area contributed by atoms with Crippen LogP contribution in [0.5, 0.6) is 0 Å². The van der Waals surface area contributed by atoms with Crippen molar-refractivity contribution in [2.45, 2.75) is 0 Å². The van der Waals surface area contributed by atoms with E-state index in [9.17, 15) is 0 Å². The van der Waals surface area contributed by atoms with Gasteiger partial charge in [-0.05, 0) is 120 Å². The summed E-state index contributed by atoms with van der Waals surface area (Å²) in [6, 6.07) is 54.5. The molecule has 0 radical (unpaired) electrons. The molecule has 1 N–H and O–H groups in total. The average Bonchev–Trinajstić information content (AvgIpc) is 3.02. The van der Waals surface area contributed by atoms with Crippen LogP contribution >= 0.6 is 22.6 Å². The average molecular weight is 624 g/mol. The second-order valence-corrected chi connectivity index (χ2v) is 11.2. The molecular weight excluding hydrogens is 597 g/mol. The van der Waals surface area contributed by atoms with Crippen LogP contribution in [-0.2, 0) is 0 Å². The normalized spacial score (nSPS) is 11.1. The summed E-state index contributed by atoms with van der Waals surface area (Å²) < 4.78 is 1.23. The van der Waals surface area contributed by atoms with Gasteiger partial charge in [0.1, 0.15) is 0 Å². The summed E-state index contributed by atoms with van der Waals surface area (Å²) in [6.07, 6.45) is 0. The number of fused-ring (bicyclic) bond motifs is 2. The molecule has 40 heavy (non-hydrogen) atoms. The maximum Gasteiger partial charge on any atom is 0.0384 e. The second kappa shape index (κ2) is 10.6. The fourth-order valence-corrected chi connectivity index (χ4v) is 6.00. The maximum atomic E-state index is 3.51. The Hall–Kier alpha value is -4.41. The fraction of sp³-hybridized carbons (Fsp3) is 0. The molecule has 0 bridgehead atoms. The molecule has 7 rings (SSSR count). The molecule has 0 aliphatic heterocycles. The predicted octanol–water partition coefficient (Wildman–Crippen LogP) is 11.3. The zero-order valence-electron chi connectivity index (χ0n) is 21.8. The Kier molecular flexibility index (Phi) is 6.54. The molecule has 0 atom stereocenters. The van der Waals surface area contributed by atoms with Crippen LogP contribution in [-0.4, -0.2) is 0 Å². The van der Waals surface area contributed by atoms with Crippen molar-refractivity contribution >= 4 is 55.5 Å². The Bertz CT molecular complexity index is 1940. The molecule has 0 fully saturated rings. The lowest BCUT2D eigenvalue weighted by Gasteiger charge is -2.18. The van der Waals surface area contributed by atoms with E-state index in [0.29, 0.717) is 0 Å². The first-order valence-corrected chi connectivity index (χ1v) is 14.5. The highest BCUT2D eigenvalue weighted by molar-refractivity contribution is 14.1. The Morgan fingerprint density at radius 1 is 0.350 bits per heavy atom. The number of hydrogen-bond donors (Lipinski definition) is 1. The highest BCUT2D eigenvalue weighted by Gasteiger charge is 2.17. The molecule has 7 aromatic rings. The summed E-state index contributed by atoms with van der Waals surface area (Å²) in [5, 5.41) is 8.60. The first kappa shape index (κ1) is 24.6. The predicted molar refractivity (Wildman–Crippen MR) is 180 cm³/mol. The van der Waals surface area contributed by atoms with Gasteiger partial charge in [0, 0.05) is 14.9 Å². The van der Waals surface area contributed by atoms with Crippen molar-refractivity contribution in [1.29, 1.82) is 0 Å². The zero-order valence-corrected chi connectivity index (χ0v) is 24.0. The summed E-state index contributed by atoms with van der Waals surface area (Å²) in [5.41, 5.74) is 9.61. The molecule has 0 spiro atoms. The summed E-state index contributed by atoms with van der Waals surface area (Å²) in [5.74, 6) is 0. The lowest BCUT2D eigenvalue weighted by atomic mass is 9.85. The third-order valence-electron chi connectivity index (χ3n) is 7.50. The number of hydrogen-bond acceptors (Lipinski definition) is 1. The summed E-state index contributed by atoms with van der Waals surface area (Å²) in [7, 11) is 0. The highest BCUT2D eigenvalue weighted by Crippen LogP contribution is 2.44. The summed E-state index contributed by atoms with van der Waals surface area (Å²) in [4.78, 5) is 0. The van der Waals surface area contributed by atoms with E-state index in [-0.39, 0.29) is 0 Å². The first-order valence-electron chi connectivity index (χ1n) is 13.5. The van der Waals surface area contributed by atoms with Crippen molar-refractivity contribution in [3.05, 3.63) is 155 Å². The summed E-state index contributed by atoms with van der Waals surface area (Å²) in [6.45, 7) is 0. The lowest BCUT2D eigenvalue weighted by molar-refractivity contribution is 1.53. The van der Waals surface area contributed by atoms with Crippen LogP contribution in [0, 0.1) is 3.57 Å². The third kappa shape index (κ3) is 4.65. The topological polar surface area (TPSA) is 12.0 Å². The van der Waals surface area contributed by atoms with E-state index >= 15 is 0 Å². The van der Waals surface area contributed by atoms with Gasteiger partial charge in [-0.3, -0.25) is 0 Å². The van der Waals surface area contributed by atoms with Crippen molar-refractivity contribution in [3.8, 4) is 33.4 Å². The minimum absolute atomic E-state index is 1.08. The van der Waals surface area contributed by atoms with E-state index in [0.717, 1.165) is 11.4 Å². The monoisotopic (exact) mass is 623 g/mol. The Balaban J connectivity index is 1.41. The van der Waals surface area contributed by atoms with E-state index in [2.05, 4.69) is 180 Å². The summed E-state index contributed by atoms with van der Waals surface area (Å²) >= 11 is 2.33. The molecule has 0 saturated heterocycles. The Morgan fingerprint density at radius 2 is 0.800 bits per heavy atom. The zero-order chi connectivity index (χ0) is 26.9. The van der Waals surface area contributed by atoms with Gasteiger partial charge in [-0.1, -0.05) is 109 Å². The molecule has 1 nitrogen and oxygen atoms in total. The standard InChI is InChI=1S/C38H26IN/c39-30-18-22-32(23-19-30)40-31-20-15-26(16-21-31)29-17-24-35-36(25-29)38(28-11-5-2-6-12-28)34-14-8-7-13-33(34)37(35)27-9-3-1-4-10-27/h1-25,40H. The van der Waals surface area contributed by atoms with Gasteiger partial charge < -0.3 is 5.32 Å². The van der Waals surface area contributed by atoms with Crippen molar-refractivity contribution in [1.82, 2.24) is 0 Å². The van der Waals surface area contributed by atoms with Crippen molar-refractivity contribution in [2.75, 3.05) is 5.32 Å². The van der Waals surface area contributed by atoms with Crippen LogP contribution in [0.25, 0.3) is 54.9 Å². The van der Waals surface area contributed by atoms with E-state index in [1.54, 1.807) is 0 Å². The number of nitrogens with one attached hydrogen (secondary N) is 1. The van der Waals surface area contributed by atoms with Crippen LogP contribution in [0.4, 0.5) is 11.4 Å². The van der Waals surface area contributed by atoms with Crippen LogP contribution in [0.15, 0.2) is 152 Å². The van der Waals surface area contributed by atoms with Gasteiger partial charge in [-0.25, -0.2) is 0 Å². The maximum absolute atomic E-state index is 3.51. The van der Waals surface area contributed by atoms with Gasteiger partial charge in [0.05, 0.1) is 0 Å². The molecule has 0 saturated carbocycles. The lowest BCUT2D eigenvalue weighted by Crippen LogP contribution is -1.92. The van der Waals surface area contributed by atoms with Crippen molar-refractivity contribution in [3.63, 3.8) is 0 Å². The number of benzene rings is 7. The first-order chi connectivity index (χ1) is 19.7. The van der Waals surface area contributed by atoms with Gasteiger partial charge in [0.25, 0.3) is 0 Å². The molecule has 190 valence electrons. The molecule has 0 unspecified atom stereocenters. The van der Waals surface area contributed by atoms with Crippen LogP contribution in [0.2, 0.25) is 0 Å². The van der Waals surface area contributed by atoms with Crippen LogP contribution < -0.4 is 5.32 Å². The van der Waals surface area contributed by atoms with Gasteiger partial charge >= 0.3 is 0 Å². The quantitative estimate of drug-likeness (QED) is 0.149. The number of halogens is 1. The second-order valence-electron chi connectivity index (χ2n) is 10.00. The molecule has 7 aromatic carbocycles. The minimum atomic E-state index is 1.08. The minimum Gasteiger partial charge on any atom is -0.356 e. The number of rotatable bonds is 5. The third-order valence-corrected chi connectivity index (χ3v) is 8.22. The molecular formula is C38H26IN. The largest absolute Gasteiger partial charge is 0.356 e. The van der Waals surface area contributed by atoms with Crippen molar-refractivity contribution < 1.29 is 0 Å². The molecule has 0 aliphatic carbocycles. The molecule has 0 aromatic heterocycles. The fourth-order valence-electron chi connectivity index (χ4n) is 5.64. The molecule has 0 aliphatic rings. The van der Waals surface area contributed by atoms with E-state index < -0.39 is 0 Å². The van der Waals surface area contributed by atoms with Crippen molar-refractivity contribution in [2.24, 2.45) is 0 Å². The van der Waals surface area contributed by atoms with Crippen LogP contribution in [0.1, 0.15) is 0 Å². The SMILES string of the molecule is Ic1ccc(Nc2ccc(-c3ccc4c(-c5ccccc5)c5ccccc5c(-c5ccccc5)c4c3)cc2)cc1. The van der Waals surface area contributed by atoms with Gasteiger partial charge in [0.15, 0.2) is 0 Å². The van der Waals surface area contributed by atoms with E-state index in [1.165, 1.54) is 58.5 Å².